The van der Waals surface area contributed by atoms with E-state index in [0.29, 0.717) is 17.9 Å². The standard InChI is InChI=1S/C19H23FN2O4S/c1-14(12-26-18-9-7-17(20)8-10-18)22-19(23)21-11-15-3-5-16(6-4-15)13-27(2,24)25/h3-10,14H,11-13H2,1-2H3,(H2,21,22,23). The highest BCUT2D eigenvalue weighted by molar-refractivity contribution is 7.89. The van der Waals surface area contributed by atoms with Crippen LogP contribution in [0.4, 0.5) is 9.18 Å². The van der Waals surface area contributed by atoms with Gasteiger partial charge in [-0.15, -0.1) is 0 Å². The molecule has 2 rings (SSSR count). The number of ether oxygens (including phenoxy) is 1. The molecule has 0 aliphatic rings. The lowest BCUT2D eigenvalue weighted by Gasteiger charge is -2.15. The Bertz CT molecular complexity index is 852. The fourth-order valence-corrected chi connectivity index (χ4v) is 3.10. The molecule has 0 saturated heterocycles. The number of amides is 2. The highest BCUT2D eigenvalue weighted by Gasteiger charge is 2.08. The van der Waals surface area contributed by atoms with Crippen molar-refractivity contribution >= 4 is 15.9 Å². The third-order valence-electron chi connectivity index (χ3n) is 3.60. The Morgan fingerprint density at radius 3 is 2.26 bits per heavy atom. The van der Waals surface area contributed by atoms with Gasteiger partial charge in [0, 0.05) is 12.8 Å². The van der Waals surface area contributed by atoms with Gasteiger partial charge < -0.3 is 15.4 Å². The van der Waals surface area contributed by atoms with Crippen molar-refractivity contribution in [2.45, 2.75) is 25.3 Å². The van der Waals surface area contributed by atoms with Gasteiger partial charge in [0.25, 0.3) is 0 Å². The predicted octanol–water partition coefficient (Wildman–Crippen LogP) is 2.64. The van der Waals surface area contributed by atoms with Crippen molar-refractivity contribution in [2.75, 3.05) is 12.9 Å². The van der Waals surface area contributed by atoms with Crippen molar-refractivity contribution in [3.63, 3.8) is 0 Å². The number of benzene rings is 2. The number of hydrogen-bond acceptors (Lipinski definition) is 4. The Morgan fingerprint density at radius 1 is 1.07 bits per heavy atom. The topological polar surface area (TPSA) is 84.5 Å². The normalized spacial score (nSPS) is 12.3. The minimum absolute atomic E-state index is 0.00718. The highest BCUT2D eigenvalue weighted by Crippen LogP contribution is 2.11. The molecule has 2 aromatic rings. The lowest BCUT2D eigenvalue weighted by atomic mass is 10.1. The van der Waals surface area contributed by atoms with Crippen LogP contribution in [0.5, 0.6) is 5.75 Å². The first-order chi connectivity index (χ1) is 12.7. The van der Waals surface area contributed by atoms with Gasteiger partial charge in [0.1, 0.15) is 18.2 Å². The molecular formula is C19H23FN2O4S. The van der Waals surface area contributed by atoms with Crippen LogP contribution in [-0.4, -0.2) is 33.4 Å². The van der Waals surface area contributed by atoms with E-state index in [2.05, 4.69) is 10.6 Å². The summed E-state index contributed by atoms with van der Waals surface area (Å²) in [6.07, 6.45) is 1.19. The summed E-state index contributed by atoms with van der Waals surface area (Å²) in [6, 6.07) is 12.1. The Labute approximate surface area is 158 Å². The van der Waals surface area contributed by atoms with Crippen molar-refractivity contribution in [3.05, 3.63) is 65.5 Å². The van der Waals surface area contributed by atoms with Gasteiger partial charge in [-0.2, -0.15) is 0 Å². The maximum absolute atomic E-state index is 12.8. The number of rotatable bonds is 8. The first kappa shape index (κ1) is 20.7. The van der Waals surface area contributed by atoms with Crippen LogP contribution in [0.25, 0.3) is 0 Å². The molecule has 0 radical (unpaired) electrons. The number of urea groups is 1. The summed E-state index contributed by atoms with van der Waals surface area (Å²) >= 11 is 0. The van der Waals surface area contributed by atoms with Gasteiger partial charge in [0.15, 0.2) is 9.84 Å². The van der Waals surface area contributed by atoms with Crippen LogP contribution in [0, 0.1) is 5.82 Å². The molecule has 0 bridgehead atoms. The molecule has 1 unspecified atom stereocenters. The predicted molar refractivity (Wildman–Crippen MR) is 102 cm³/mol. The average Bonchev–Trinajstić information content (AvgIpc) is 2.59. The van der Waals surface area contributed by atoms with Crippen molar-refractivity contribution < 1.29 is 22.3 Å². The number of carbonyl (C=O) groups is 1. The fraction of sp³-hybridized carbons (Fsp3) is 0.316. The number of nitrogens with one attached hydrogen (secondary N) is 2. The van der Waals surface area contributed by atoms with Gasteiger partial charge in [0.05, 0.1) is 11.8 Å². The third kappa shape index (κ3) is 8.08. The van der Waals surface area contributed by atoms with E-state index in [1.807, 2.05) is 0 Å². The van der Waals surface area contributed by atoms with E-state index in [-0.39, 0.29) is 30.2 Å². The van der Waals surface area contributed by atoms with E-state index in [1.165, 1.54) is 30.5 Å². The van der Waals surface area contributed by atoms with Gasteiger partial charge in [-0.25, -0.2) is 17.6 Å². The van der Waals surface area contributed by atoms with E-state index in [0.717, 1.165) is 5.56 Å². The van der Waals surface area contributed by atoms with Gasteiger partial charge in [-0.1, -0.05) is 24.3 Å². The van der Waals surface area contributed by atoms with Crippen LogP contribution in [0.1, 0.15) is 18.1 Å². The number of halogens is 1. The molecule has 2 aromatic carbocycles. The summed E-state index contributed by atoms with van der Waals surface area (Å²) < 4.78 is 40.9. The SMILES string of the molecule is CC(COc1ccc(F)cc1)NC(=O)NCc1ccc(CS(C)(=O)=O)cc1. The zero-order valence-corrected chi connectivity index (χ0v) is 16.1. The molecule has 2 amide bonds. The molecule has 8 heteroatoms. The van der Waals surface area contributed by atoms with Gasteiger partial charge >= 0.3 is 6.03 Å². The maximum atomic E-state index is 12.8. The molecule has 0 fully saturated rings. The van der Waals surface area contributed by atoms with Crippen LogP contribution in [-0.2, 0) is 22.1 Å². The molecule has 0 saturated carbocycles. The fourth-order valence-electron chi connectivity index (χ4n) is 2.31. The monoisotopic (exact) mass is 394 g/mol. The summed E-state index contributed by atoms with van der Waals surface area (Å²) in [7, 11) is -3.07. The lowest BCUT2D eigenvalue weighted by molar-refractivity contribution is 0.226. The van der Waals surface area contributed by atoms with Gasteiger partial charge in [-0.05, 0) is 42.3 Å². The summed E-state index contributed by atoms with van der Waals surface area (Å²) in [6.45, 7) is 2.36. The molecule has 0 aliphatic carbocycles. The summed E-state index contributed by atoms with van der Waals surface area (Å²) in [5.74, 6) is 0.184. The largest absolute Gasteiger partial charge is 0.491 e. The first-order valence-corrected chi connectivity index (χ1v) is 10.5. The molecule has 6 nitrogen and oxygen atoms in total. The van der Waals surface area contributed by atoms with Crippen molar-refractivity contribution in [3.8, 4) is 5.75 Å². The van der Waals surface area contributed by atoms with Crippen molar-refractivity contribution in [1.82, 2.24) is 10.6 Å². The second-order valence-electron chi connectivity index (χ2n) is 6.38. The van der Waals surface area contributed by atoms with Gasteiger partial charge in [-0.3, -0.25) is 0 Å². The molecule has 0 aliphatic heterocycles. The number of carbonyl (C=O) groups excluding carboxylic acids is 1. The van der Waals surface area contributed by atoms with Crippen LogP contribution < -0.4 is 15.4 Å². The van der Waals surface area contributed by atoms with E-state index >= 15 is 0 Å². The quantitative estimate of drug-likeness (QED) is 0.721. The first-order valence-electron chi connectivity index (χ1n) is 8.39. The Balaban J connectivity index is 1.72. The van der Waals surface area contributed by atoms with E-state index in [1.54, 1.807) is 31.2 Å². The number of hydrogen-bond donors (Lipinski definition) is 2. The van der Waals surface area contributed by atoms with E-state index < -0.39 is 9.84 Å². The minimum atomic E-state index is -3.07. The Morgan fingerprint density at radius 2 is 1.67 bits per heavy atom. The molecule has 2 N–H and O–H groups in total. The molecule has 0 heterocycles. The smallest absolute Gasteiger partial charge is 0.315 e. The third-order valence-corrected chi connectivity index (χ3v) is 4.45. The maximum Gasteiger partial charge on any atom is 0.315 e. The molecule has 146 valence electrons. The average molecular weight is 394 g/mol. The van der Waals surface area contributed by atoms with Crippen molar-refractivity contribution in [1.29, 1.82) is 0 Å². The second kappa shape index (κ2) is 9.36. The van der Waals surface area contributed by atoms with Gasteiger partial charge in [0.2, 0.25) is 0 Å². The molecular weight excluding hydrogens is 371 g/mol. The zero-order valence-electron chi connectivity index (χ0n) is 15.2. The van der Waals surface area contributed by atoms with Crippen LogP contribution in [0.3, 0.4) is 0 Å². The Hall–Kier alpha value is -2.61. The minimum Gasteiger partial charge on any atom is -0.491 e. The number of sulfone groups is 1. The van der Waals surface area contributed by atoms with E-state index in [4.69, 9.17) is 4.74 Å². The summed E-state index contributed by atoms with van der Waals surface area (Å²) in [4.78, 5) is 11.9. The lowest BCUT2D eigenvalue weighted by Crippen LogP contribution is -2.42. The zero-order chi connectivity index (χ0) is 19.9. The van der Waals surface area contributed by atoms with E-state index in [9.17, 15) is 17.6 Å². The molecule has 0 spiro atoms. The van der Waals surface area contributed by atoms with Crippen molar-refractivity contribution in [2.24, 2.45) is 0 Å². The van der Waals surface area contributed by atoms with Crippen LogP contribution in [0.2, 0.25) is 0 Å². The van der Waals surface area contributed by atoms with Crippen LogP contribution in [0.15, 0.2) is 48.5 Å². The molecule has 1 atom stereocenters. The summed E-state index contributed by atoms with van der Waals surface area (Å²) in [5.41, 5.74) is 1.56. The summed E-state index contributed by atoms with van der Waals surface area (Å²) in [5, 5.41) is 5.48. The Kier molecular flexibility index (Phi) is 7.18. The van der Waals surface area contributed by atoms with Crippen LogP contribution >= 0.6 is 0 Å². The highest BCUT2D eigenvalue weighted by atomic mass is 32.2. The second-order valence-corrected chi connectivity index (χ2v) is 8.52. The molecule has 0 aromatic heterocycles. The molecule has 27 heavy (non-hydrogen) atoms.